The van der Waals surface area contributed by atoms with Gasteiger partial charge in [-0.25, -0.2) is 4.79 Å². The summed E-state index contributed by atoms with van der Waals surface area (Å²) in [5.41, 5.74) is 12.5. The first-order chi connectivity index (χ1) is 31.8. The Kier molecular flexibility index (Phi) is 23.5. The molecule has 4 atom stereocenters. The highest BCUT2D eigenvalue weighted by Gasteiger charge is 2.42. The summed E-state index contributed by atoms with van der Waals surface area (Å²) in [5, 5.41) is 14.0. The molecule has 8 N–H and O–H groups in total. The Hall–Kier alpha value is -5.02. The second-order valence-corrected chi connectivity index (χ2v) is 18.2. The van der Waals surface area contributed by atoms with Gasteiger partial charge < -0.3 is 56.9 Å². The third-order valence-electron chi connectivity index (χ3n) is 11.8. The van der Waals surface area contributed by atoms with Gasteiger partial charge in [0.15, 0.2) is 0 Å². The van der Waals surface area contributed by atoms with E-state index < -0.39 is 42.8 Å². The van der Waals surface area contributed by atoms with E-state index in [2.05, 4.69) is 27.3 Å². The lowest BCUT2D eigenvalue weighted by Crippen LogP contribution is -2.52. The average molecular weight is 941 g/mol. The number of urea groups is 1. The van der Waals surface area contributed by atoms with Crippen molar-refractivity contribution in [3.05, 3.63) is 48.0 Å². The fraction of sp³-hybridized carbons (Fsp3) is 0.630. The molecule has 0 saturated carbocycles. The number of nitrogens with one attached hydrogen (secondary N) is 4. The number of primary amides is 1. The van der Waals surface area contributed by atoms with Crippen LogP contribution in [0.15, 0.2) is 42.5 Å². The average Bonchev–Trinajstić information content (AvgIpc) is 3.85. The van der Waals surface area contributed by atoms with Crippen LogP contribution < -0.4 is 32.7 Å². The summed E-state index contributed by atoms with van der Waals surface area (Å²) < 4.78 is 10.5. The van der Waals surface area contributed by atoms with E-state index in [0.29, 0.717) is 63.5 Å². The number of methoxy groups -OCH3 is 2. The Bertz CT molecular complexity index is 1900. The van der Waals surface area contributed by atoms with Crippen molar-refractivity contribution in [2.24, 2.45) is 11.5 Å². The van der Waals surface area contributed by atoms with Crippen LogP contribution in [-0.2, 0) is 44.8 Å². The molecule has 0 aliphatic carbocycles. The molecule has 20 heteroatoms. The van der Waals surface area contributed by atoms with E-state index in [1.54, 1.807) is 0 Å². The van der Waals surface area contributed by atoms with Crippen LogP contribution in [0.3, 0.4) is 0 Å². The number of nitrogens with two attached hydrogens (primary N) is 2. The summed E-state index contributed by atoms with van der Waals surface area (Å²) in [5.74, 6) is -1.76. The van der Waals surface area contributed by atoms with Crippen molar-refractivity contribution in [1.29, 1.82) is 0 Å². The van der Waals surface area contributed by atoms with Gasteiger partial charge in [0.1, 0.15) is 6.04 Å². The van der Waals surface area contributed by atoms with Crippen LogP contribution in [-0.4, -0.2) is 184 Å². The fourth-order valence-corrected chi connectivity index (χ4v) is 9.67. The molecule has 2 aromatic rings. The molecule has 19 nitrogen and oxygen atoms in total. The minimum atomic E-state index is -1.01. The number of nitrogens with zero attached hydrogens (tertiary/aromatic N) is 4. The molecule has 8 amide bonds. The molecule has 2 fully saturated rings. The van der Waals surface area contributed by atoms with Crippen LogP contribution in [0.1, 0.15) is 63.4 Å². The molecule has 1 unspecified atom stereocenters. The van der Waals surface area contributed by atoms with Crippen molar-refractivity contribution in [2.45, 2.75) is 87.7 Å². The van der Waals surface area contributed by atoms with E-state index in [0.717, 1.165) is 41.4 Å². The summed E-state index contributed by atoms with van der Waals surface area (Å²) in [6, 6.07) is 13.3. The molecule has 4 rings (SSSR count). The number of fused-ring (bicyclic) bond motifs is 2. The predicted molar refractivity (Wildman–Crippen MR) is 254 cm³/mol. The number of carbonyl (C=O) groups is 7. The molecule has 66 heavy (non-hydrogen) atoms. The number of benzene rings is 2. The highest BCUT2D eigenvalue weighted by molar-refractivity contribution is 8.00. The summed E-state index contributed by atoms with van der Waals surface area (Å²) in [7, 11) is 4.79. The minimum Gasteiger partial charge on any atom is -0.383 e. The lowest BCUT2D eigenvalue weighted by atomic mass is 10.0. The number of unbranched alkanes of at least 4 members (excludes halogenated alkanes) is 3. The molecule has 2 heterocycles. The van der Waals surface area contributed by atoms with Crippen molar-refractivity contribution < 1.29 is 43.0 Å². The van der Waals surface area contributed by atoms with Crippen LogP contribution in [0.25, 0.3) is 10.8 Å². The largest absolute Gasteiger partial charge is 0.383 e. The van der Waals surface area contributed by atoms with E-state index in [1.807, 2.05) is 60.1 Å². The molecule has 2 aromatic carbocycles. The normalized spacial score (nSPS) is 16.9. The first kappa shape index (κ1) is 53.6. The Labute approximate surface area is 393 Å². The van der Waals surface area contributed by atoms with E-state index >= 15 is 0 Å². The number of rotatable bonds is 32. The van der Waals surface area contributed by atoms with E-state index in [1.165, 1.54) is 28.9 Å². The predicted octanol–water partition coefficient (Wildman–Crippen LogP) is 0.772. The van der Waals surface area contributed by atoms with Gasteiger partial charge in [0.25, 0.3) is 0 Å². The quantitative estimate of drug-likeness (QED) is 0.0440. The first-order valence-electron chi connectivity index (χ1n) is 23.0. The zero-order valence-corrected chi connectivity index (χ0v) is 39.7. The number of hydrogen-bond donors (Lipinski definition) is 6. The van der Waals surface area contributed by atoms with Crippen molar-refractivity contribution in [2.75, 3.05) is 99.1 Å². The Morgan fingerprint density at radius 2 is 1.45 bits per heavy atom. The van der Waals surface area contributed by atoms with Crippen molar-refractivity contribution in [3.8, 4) is 0 Å². The molecule has 2 saturated heterocycles. The number of likely N-dealkylation sites (N-methyl/N-ethyl adjacent to an activating group) is 1. The Balaban J connectivity index is 1.25. The maximum absolute atomic E-state index is 13.9. The molecule has 0 bridgehead atoms. The minimum absolute atomic E-state index is 0.0267. The van der Waals surface area contributed by atoms with Gasteiger partial charge in [-0.1, -0.05) is 48.9 Å². The Morgan fingerprint density at radius 1 is 0.788 bits per heavy atom. The van der Waals surface area contributed by atoms with Gasteiger partial charge in [-0.3, -0.25) is 33.7 Å². The number of hydrogen-bond acceptors (Lipinski definition) is 12. The van der Waals surface area contributed by atoms with Crippen LogP contribution in [0, 0.1) is 0 Å². The van der Waals surface area contributed by atoms with Gasteiger partial charge in [-0.05, 0) is 74.9 Å². The molecule has 2 aliphatic rings. The van der Waals surface area contributed by atoms with Gasteiger partial charge in [0, 0.05) is 64.4 Å². The molecule has 0 aromatic heterocycles. The second kappa shape index (κ2) is 28.9. The van der Waals surface area contributed by atoms with Crippen LogP contribution in [0.5, 0.6) is 0 Å². The topological polar surface area (TPSA) is 251 Å². The summed E-state index contributed by atoms with van der Waals surface area (Å²) in [4.78, 5) is 97.2. The standard InChI is InChI=1S/C46H72N10O9S/c1-53(27-34-15-12-14-33-13-4-5-16-35(33)34)29-41(59)54(22-11-9-20-47)30-43(61)56(24-26-65-3)31-42(60)55(23-25-64-2)28-40(58)50-36(45(48)62)17-8-10-21-49-39(57)19-7-6-18-38-44-37(32-66-38)51-46(63)52-44/h4-5,12-16,36-38,44H,6-11,17-32,47H2,1-3H3,(H2,48,62)(H,49,57)(H,50,58)(H2,51,52,63)/t36-,37-,38?,44-/m0/s1. The molecular formula is C46H72N10O9S. The monoisotopic (exact) mass is 941 g/mol. The van der Waals surface area contributed by atoms with E-state index in [9.17, 15) is 33.6 Å². The van der Waals surface area contributed by atoms with Gasteiger partial charge in [0.2, 0.25) is 35.4 Å². The molecular weight excluding hydrogens is 869 g/mol. The van der Waals surface area contributed by atoms with Gasteiger partial charge in [-0.2, -0.15) is 11.8 Å². The SMILES string of the molecule is COCCN(CC(=O)N[C@@H](CCCCNC(=O)CCCCC1SC[C@@H]2NC(=O)N[C@H]12)C(N)=O)C(=O)CN(CCOC)C(=O)CN(CCCCN)C(=O)CN(C)Cc1cccc2ccccc12. The maximum Gasteiger partial charge on any atom is 0.315 e. The molecule has 366 valence electrons. The first-order valence-corrected chi connectivity index (χ1v) is 24.1. The molecule has 0 spiro atoms. The zero-order valence-electron chi connectivity index (χ0n) is 38.9. The third-order valence-corrected chi connectivity index (χ3v) is 13.3. The number of amides is 8. The number of carbonyl (C=O) groups excluding carboxylic acids is 7. The zero-order chi connectivity index (χ0) is 47.8. The van der Waals surface area contributed by atoms with E-state index in [4.69, 9.17) is 20.9 Å². The number of ether oxygens (including phenoxy) is 2. The third kappa shape index (κ3) is 18.0. The summed E-state index contributed by atoms with van der Waals surface area (Å²) >= 11 is 1.85. The lowest BCUT2D eigenvalue weighted by Gasteiger charge is -2.30. The lowest BCUT2D eigenvalue weighted by molar-refractivity contribution is -0.146. The van der Waals surface area contributed by atoms with Crippen molar-refractivity contribution >= 4 is 64.0 Å². The van der Waals surface area contributed by atoms with Gasteiger partial charge >= 0.3 is 6.03 Å². The van der Waals surface area contributed by atoms with Crippen LogP contribution >= 0.6 is 11.8 Å². The molecule has 0 radical (unpaired) electrons. The second-order valence-electron chi connectivity index (χ2n) is 17.0. The maximum atomic E-state index is 13.9. The highest BCUT2D eigenvalue weighted by Crippen LogP contribution is 2.33. The van der Waals surface area contributed by atoms with Crippen molar-refractivity contribution in [3.63, 3.8) is 0 Å². The summed E-state index contributed by atoms with van der Waals surface area (Å²) in [6.45, 7) is 0.927. The Morgan fingerprint density at radius 3 is 2.15 bits per heavy atom. The summed E-state index contributed by atoms with van der Waals surface area (Å²) in [6.07, 6.45) is 5.47. The fourth-order valence-electron chi connectivity index (χ4n) is 8.12. The number of thioether (sulfide) groups is 1. The van der Waals surface area contributed by atoms with E-state index in [-0.39, 0.29) is 75.7 Å². The van der Waals surface area contributed by atoms with Gasteiger partial charge in [-0.15, -0.1) is 0 Å². The van der Waals surface area contributed by atoms with Crippen LogP contribution in [0.2, 0.25) is 0 Å². The highest BCUT2D eigenvalue weighted by atomic mass is 32.2. The van der Waals surface area contributed by atoms with Crippen LogP contribution in [0.4, 0.5) is 4.79 Å². The molecule has 2 aliphatic heterocycles. The smallest absolute Gasteiger partial charge is 0.315 e. The van der Waals surface area contributed by atoms with Gasteiger partial charge in [0.05, 0.1) is 51.5 Å². The van der Waals surface area contributed by atoms with Crippen molar-refractivity contribution in [1.82, 2.24) is 40.9 Å².